The number of methoxy groups -OCH3 is 1. The molecular weight excluding hydrogens is 271 g/mol. The van der Waals surface area contributed by atoms with Crippen LogP contribution in [0.4, 0.5) is 10.1 Å². The van der Waals surface area contributed by atoms with Crippen molar-refractivity contribution in [3.05, 3.63) is 29.6 Å². The Labute approximate surface area is 125 Å². The molecule has 1 aromatic carbocycles. The highest BCUT2D eigenvalue weighted by Crippen LogP contribution is 2.25. The summed E-state index contributed by atoms with van der Waals surface area (Å²) < 4.78 is 18.8. The minimum absolute atomic E-state index is 0.210. The van der Waals surface area contributed by atoms with E-state index in [-0.39, 0.29) is 17.8 Å². The van der Waals surface area contributed by atoms with Crippen LogP contribution in [-0.4, -0.2) is 38.3 Å². The first-order chi connectivity index (χ1) is 10.0. The number of hydrogen-bond donors (Lipinski definition) is 1. The van der Waals surface area contributed by atoms with Crippen LogP contribution in [0.2, 0.25) is 0 Å². The zero-order chi connectivity index (χ0) is 15.4. The fourth-order valence-corrected chi connectivity index (χ4v) is 2.64. The predicted octanol–water partition coefficient (Wildman–Crippen LogP) is 2.12. The average Bonchev–Trinajstić information content (AvgIpc) is 2.48. The Kier molecular flexibility index (Phi) is 5.17. The van der Waals surface area contributed by atoms with Crippen molar-refractivity contribution in [3.8, 4) is 0 Å². The maximum absolute atomic E-state index is 14.2. The molecule has 1 aliphatic rings. The predicted molar refractivity (Wildman–Crippen MR) is 81.0 cm³/mol. The molecule has 116 valence electrons. The highest BCUT2D eigenvalue weighted by Gasteiger charge is 2.24. The lowest BCUT2D eigenvalue weighted by Crippen LogP contribution is -2.54. The maximum atomic E-state index is 14.2. The van der Waals surface area contributed by atoms with Gasteiger partial charge in [0.15, 0.2) is 0 Å². The van der Waals surface area contributed by atoms with Gasteiger partial charge < -0.3 is 15.0 Å². The van der Waals surface area contributed by atoms with Crippen molar-refractivity contribution in [2.24, 2.45) is 0 Å². The third-order valence-electron chi connectivity index (χ3n) is 3.93. The van der Waals surface area contributed by atoms with E-state index in [2.05, 4.69) is 28.8 Å². The first-order valence-electron chi connectivity index (χ1n) is 7.36. The van der Waals surface area contributed by atoms with Crippen LogP contribution < -0.4 is 10.2 Å². The van der Waals surface area contributed by atoms with E-state index in [4.69, 9.17) is 0 Å². The highest BCUT2D eigenvalue weighted by atomic mass is 19.1. The van der Waals surface area contributed by atoms with E-state index in [1.54, 1.807) is 6.07 Å². The Hall–Kier alpha value is -1.62. The van der Waals surface area contributed by atoms with Crippen LogP contribution in [-0.2, 0) is 16.0 Å². The molecule has 5 heteroatoms. The maximum Gasteiger partial charge on any atom is 0.305 e. The van der Waals surface area contributed by atoms with Crippen LogP contribution in [0.15, 0.2) is 18.2 Å². The second-order valence-electron chi connectivity index (χ2n) is 5.67. The second-order valence-corrected chi connectivity index (χ2v) is 5.67. The van der Waals surface area contributed by atoms with Crippen molar-refractivity contribution in [2.75, 3.05) is 25.1 Å². The van der Waals surface area contributed by atoms with Crippen LogP contribution in [0.25, 0.3) is 0 Å². The van der Waals surface area contributed by atoms with Crippen LogP contribution in [0, 0.1) is 5.82 Å². The molecule has 21 heavy (non-hydrogen) atoms. The summed E-state index contributed by atoms with van der Waals surface area (Å²) in [5, 5.41) is 3.39. The molecule has 0 unspecified atom stereocenters. The van der Waals surface area contributed by atoms with Crippen molar-refractivity contribution in [2.45, 2.75) is 38.8 Å². The number of aryl methyl sites for hydroxylation is 1. The molecule has 0 bridgehead atoms. The smallest absolute Gasteiger partial charge is 0.305 e. The zero-order valence-electron chi connectivity index (χ0n) is 12.9. The van der Waals surface area contributed by atoms with E-state index in [1.807, 2.05) is 6.07 Å². The van der Waals surface area contributed by atoms with Gasteiger partial charge in [-0.2, -0.15) is 0 Å². The minimum atomic E-state index is -0.245. The van der Waals surface area contributed by atoms with Crippen molar-refractivity contribution in [3.63, 3.8) is 0 Å². The molecule has 2 atom stereocenters. The topological polar surface area (TPSA) is 41.6 Å². The summed E-state index contributed by atoms with van der Waals surface area (Å²) in [5.41, 5.74) is 1.58. The Morgan fingerprint density at radius 2 is 2.24 bits per heavy atom. The van der Waals surface area contributed by atoms with Gasteiger partial charge in [-0.1, -0.05) is 6.07 Å². The fraction of sp³-hybridized carbons (Fsp3) is 0.562. The van der Waals surface area contributed by atoms with E-state index < -0.39 is 0 Å². The fourth-order valence-electron chi connectivity index (χ4n) is 2.64. The molecule has 1 aromatic rings. The number of ether oxygens (including phenoxy) is 1. The minimum Gasteiger partial charge on any atom is -0.469 e. The quantitative estimate of drug-likeness (QED) is 0.864. The lowest BCUT2D eigenvalue weighted by molar-refractivity contribution is -0.140. The van der Waals surface area contributed by atoms with Crippen LogP contribution in [0.5, 0.6) is 0 Å². The normalized spacial score (nSPS) is 22.2. The number of piperazine rings is 1. The summed E-state index contributed by atoms with van der Waals surface area (Å²) >= 11 is 0. The number of nitrogens with one attached hydrogen (secondary N) is 1. The molecule has 1 N–H and O–H groups in total. The Bertz CT molecular complexity index is 507. The molecule has 1 aliphatic heterocycles. The third-order valence-corrected chi connectivity index (χ3v) is 3.93. The van der Waals surface area contributed by atoms with Gasteiger partial charge in [-0.3, -0.25) is 4.79 Å². The standard InChI is InChI=1S/C16H23FN2O2/c1-11-10-19(12(2)9-18-11)15-8-13(4-6-14(15)17)5-7-16(20)21-3/h4,6,8,11-12,18H,5,7,9-10H2,1-3H3/t11-,12+/m0/s1. The number of esters is 1. The molecule has 1 saturated heterocycles. The molecule has 0 saturated carbocycles. The van der Waals surface area contributed by atoms with Crippen molar-refractivity contribution in [1.29, 1.82) is 0 Å². The summed E-state index contributed by atoms with van der Waals surface area (Å²) in [7, 11) is 1.38. The van der Waals surface area contributed by atoms with Gasteiger partial charge in [-0.05, 0) is 38.0 Å². The van der Waals surface area contributed by atoms with Crippen molar-refractivity contribution < 1.29 is 13.9 Å². The second kappa shape index (κ2) is 6.89. The molecule has 2 rings (SSSR count). The number of anilines is 1. The Balaban J connectivity index is 2.16. The van der Waals surface area contributed by atoms with Gasteiger partial charge in [0, 0.05) is 31.6 Å². The number of benzene rings is 1. The number of carbonyl (C=O) groups excluding carboxylic acids is 1. The zero-order valence-corrected chi connectivity index (χ0v) is 12.9. The van der Waals surface area contributed by atoms with Gasteiger partial charge in [0.1, 0.15) is 5.82 Å². The number of carbonyl (C=O) groups is 1. The van der Waals surface area contributed by atoms with E-state index in [9.17, 15) is 9.18 Å². The van der Waals surface area contributed by atoms with E-state index >= 15 is 0 Å². The van der Waals surface area contributed by atoms with Gasteiger partial charge in [0.25, 0.3) is 0 Å². The van der Waals surface area contributed by atoms with Gasteiger partial charge in [-0.25, -0.2) is 4.39 Å². The molecule has 0 aliphatic carbocycles. The molecule has 0 spiro atoms. The Morgan fingerprint density at radius 1 is 1.48 bits per heavy atom. The Morgan fingerprint density at radius 3 is 2.95 bits per heavy atom. The first-order valence-corrected chi connectivity index (χ1v) is 7.36. The van der Waals surface area contributed by atoms with Crippen molar-refractivity contribution in [1.82, 2.24) is 5.32 Å². The van der Waals surface area contributed by atoms with Crippen molar-refractivity contribution >= 4 is 11.7 Å². The molecule has 1 heterocycles. The van der Waals surface area contributed by atoms with Gasteiger partial charge in [0.2, 0.25) is 0 Å². The largest absolute Gasteiger partial charge is 0.469 e. The van der Waals surface area contributed by atoms with E-state index in [0.717, 1.165) is 18.7 Å². The number of rotatable bonds is 4. The lowest BCUT2D eigenvalue weighted by atomic mass is 10.1. The van der Waals surface area contributed by atoms with Gasteiger partial charge >= 0.3 is 5.97 Å². The van der Waals surface area contributed by atoms with Crippen LogP contribution in [0.1, 0.15) is 25.8 Å². The third kappa shape index (κ3) is 3.94. The molecular formula is C16H23FN2O2. The highest BCUT2D eigenvalue weighted by molar-refractivity contribution is 5.69. The number of halogens is 1. The molecule has 1 fully saturated rings. The van der Waals surface area contributed by atoms with Gasteiger partial charge in [0.05, 0.1) is 12.8 Å². The SMILES string of the molecule is COC(=O)CCc1ccc(F)c(N2C[C@H](C)NC[C@H]2C)c1. The molecule has 4 nitrogen and oxygen atoms in total. The van der Waals surface area contributed by atoms with Gasteiger partial charge in [-0.15, -0.1) is 0 Å². The van der Waals surface area contributed by atoms with E-state index in [1.165, 1.54) is 13.2 Å². The summed E-state index contributed by atoms with van der Waals surface area (Å²) in [5.74, 6) is -0.456. The number of hydrogen-bond acceptors (Lipinski definition) is 4. The molecule has 0 radical (unpaired) electrons. The summed E-state index contributed by atoms with van der Waals surface area (Å²) in [6.45, 7) is 5.79. The van der Waals surface area contributed by atoms with Crippen LogP contribution in [0.3, 0.4) is 0 Å². The molecule has 0 amide bonds. The number of nitrogens with zero attached hydrogens (tertiary/aromatic N) is 1. The monoisotopic (exact) mass is 294 g/mol. The summed E-state index contributed by atoms with van der Waals surface area (Å²) in [6, 6.07) is 5.65. The first kappa shape index (κ1) is 15.8. The lowest BCUT2D eigenvalue weighted by Gasteiger charge is -2.39. The molecule has 0 aromatic heterocycles. The van der Waals surface area contributed by atoms with E-state index in [0.29, 0.717) is 24.6 Å². The summed E-state index contributed by atoms with van der Waals surface area (Å²) in [6.07, 6.45) is 0.880. The van der Waals surface area contributed by atoms with Crippen LogP contribution >= 0.6 is 0 Å². The average molecular weight is 294 g/mol. The summed E-state index contributed by atoms with van der Waals surface area (Å²) in [4.78, 5) is 13.3.